The molecule has 0 bridgehead atoms. The molecule has 3 nitrogen and oxygen atoms in total. The molecule has 0 saturated carbocycles. The molecular formula is C11H18BrNO2S2. The molecule has 17 heavy (non-hydrogen) atoms. The van der Waals surface area contributed by atoms with E-state index in [0.29, 0.717) is 0 Å². The number of rotatable bonds is 6. The van der Waals surface area contributed by atoms with Gasteiger partial charge in [-0.15, -0.1) is 11.3 Å². The highest BCUT2D eigenvalue weighted by Gasteiger charge is 2.25. The highest BCUT2D eigenvalue weighted by atomic mass is 79.9. The van der Waals surface area contributed by atoms with E-state index in [0.717, 1.165) is 16.8 Å². The quantitative estimate of drug-likeness (QED) is 0.865. The number of likely N-dealkylation sites (N-methyl/N-ethyl adjacent to an activating group) is 1. The fourth-order valence-electron chi connectivity index (χ4n) is 1.64. The van der Waals surface area contributed by atoms with Crippen LogP contribution in [0.2, 0.25) is 0 Å². The van der Waals surface area contributed by atoms with Gasteiger partial charge in [0, 0.05) is 17.2 Å². The second-order valence-corrected chi connectivity index (χ2v) is 9.06. The lowest BCUT2D eigenvalue weighted by molar-refractivity contribution is 0.496. The first-order valence-electron chi connectivity index (χ1n) is 5.51. The third-order valence-electron chi connectivity index (χ3n) is 2.76. The first-order valence-corrected chi connectivity index (χ1v) is 9.07. The molecule has 0 aliphatic heterocycles. The van der Waals surface area contributed by atoms with Gasteiger partial charge < -0.3 is 5.32 Å². The summed E-state index contributed by atoms with van der Waals surface area (Å²) in [7, 11) is -3.01. The Bertz CT molecular complexity index is 456. The molecule has 0 spiro atoms. The van der Waals surface area contributed by atoms with Crippen LogP contribution in [-0.2, 0) is 16.3 Å². The summed E-state index contributed by atoms with van der Waals surface area (Å²) in [6, 6.07) is 4.00. The Labute approximate surface area is 116 Å². The van der Waals surface area contributed by atoms with Crippen LogP contribution in [-0.4, -0.2) is 32.5 Å². The van der Waals surface area contributed by atoms with Crippen molar-refractivity contribution in [2.24, 2.45) is 0 Å². The van der Waals surface area contributed by atoms with Crippen molar-refractivity contribution >= 4 is 37.1 Å². The molecule has 1 heterocycles. The maximum absolute atomic E-state index is 11.6. The van der Waals surface area contributed by atoms with Crippen LogP contribution in [0.1, 0.15) is 18.7 Å². The second kappa shape index (κ2) is 6.31. The topological polar surface area (TPSA) is 46.2 Å². The Morgan fingerprint density at radius 3 is 2.53 bits per heavy atom. The first kappa shape index (κ1) is 15.1. The Hall–Kier alpha value is 0.0900. The minimum absolute atomic E-state index is 0.0273. The van der Waals surface area contributed by atoms with Crippen LogP contribution < -0.4 is 5.32 Å². The lowest BCUT2D eigenvalue weighted by atomic mass is 10.1. The molecule has 0 aliphatic rings. The molecule has 2 atom stereocenters. The van der Waals surface area contributed by atoms with Crippen LogP contribution >= 0.6 is 27.3 Å². The van der Waals surface area contributed by atoms with Gasteiger partial charge in [0.25, 0.3) is 0 Å². The van der Waals surface area contributed by atoms with Crippen LogP contribution in [0, 0.1) is 0 Å². The number of nitrogens with one attached hydrogen (secondary N) is 1. The Morgan fingerprint density at radius 1 is 1.47 bits per heavy atom. The van der Waals surface area contributed by atoms with Gasteiger partial charge >= 0.3 is 0 Å². The molecule has 0 aromatic carbocycles. The van der Waals surface area contributed by atoms with Crippen molar-refractivity contribution in [3.05, 3.63) is 20.8 Å². The number of hydrogen-bond acceptors (Lipinski definition) is 4. The fourth-order valence-corrected chi connectivity index (χ4v) is 3.97. The molecule has 1 aromatic rings. The van der Waals surface area contributed by atoms with Crippen molar-refractivity contribution in [2.75, 3.05) is 12.8 Å². The van der Waals surface area contributed by atoms with Crippen LogP contribution in [0.3, 0.4) is 0 Å². The minimum Gasteiger partial charge on any atom is -0.313 e. The second-order valence-electron chi connectivity index (χ2n) is 4.11. The molecule has 6 heteroatoms. The SMILES string of the molecule is CCNC(Cc1ccc(Br)s1)C(C)S(C)(=O)=O. The molecule has 0 radical (unpaired) electrons. The van der Waals surface area contributed by atoms with Gasteiger partial charge in [-0.1, -0.05) is 6.92 Å². The van der Waals surface area contributed by atoms with E-state index in [1.54, 1.807) is 18.3 Å². The van der Waals surface area contributed by atoms with Crippen molar-refractivity contribution in [2.45, 2.75) is 31.6 Å². The monoisotopic (exact) mass is 339 g/mol. The molecular weight excluding hydrogens is 322 g/mol. The van der Waals surface area contributed by atoms with Gasteiger partial charge in [0.05, 0.1) is 9.04 Å². The summed E-state index contributed by atoms with van der Waals surface area (Å²) in [5, 5.41) is 2.89. The maximum Gasteiger partial charge on any atom is 0.151 e. The molecule has 1 rings (SSSR count). The third kappa shape index (κ3) is 4.69. The number of thiophene rings is 1. The minimum atomic E-state index is -3.01. The van der Waals surface area contributed by atoms with Crippen LogP contribution in [0.25, 0.3) is 0 Å². The molecule has 0 amide bonds. The zero-order chi connectivity index (χ0) is 13.1. The van der Waals surface area contributed by atoms with E-state index < -0.39 is 9.84 Å². The third-order valence-corrected chi connectivity index (χ3v) is 6.08. The molecule has 2 unspecified atom stereocenters. The maximum atomic E-state index is 11.6. The van der Waals surface area contributed by atoms with Gasteiger partial charge in [0.15, 0.2) is 9.84 Å². The van der Waals surface area contributed by atoms with E-state index in [1.807, 2.05) is 19.1 Å². The average Bonchev–Trinajstić information content (AvgIpc) is 2.61. The van der Waals surface area contributed by atoms with E-state index in [1.165, 1.54) is 11.1 Å². The van der Waals surface area contributed by atoms with Crippen LogP contribution in [0.4, 0.5) is 0 Å². The van der Waals surface area contributed by atoms with Crippen molar-refractivity contribution < 1.29 is 8.42 Å². The summed E-state index contributed by atoms with van der Waals surface area (Å²) in [5.74, 6) is 0. The lowest BCUT2D eigenvalue weighted by Crippen LogP contribution is -2.43. The van der Waals surface area contributed by atoms with E-state index in [-0.39, 0.29) is 11.3 Å². The largest absolute Gasteiger partial charge is 0.313 e. The highest BCUT2D eigenvalue weighted by molar-refractivity contribution is 9.11. The normalized spacial score (nSPS) is 15.8. The van der Waals surface area contributed by atoms with Gasteiger partial charge in [-0.25, -0.2) is 8.42 Å². The van der Waals surface area contributed by atoms with Gasteiger partial charge in [0.2, 0.25) is 0 Å². The van der Waals surface area contributed by atoms with E-state index in [4.69, 9.17) is 0 Å². The smallest absolute Gasteiger partial charge is 0.151 e. The van der Waals surface area contributed by atoms with E-state index >= 15 is 0 Å². The van der Waals surface area contributed by atoms with E-state index in [9.17, 15) is 8.42 Å². The van der Waals surface area contributed by atoms with Crippen molar-refractivity contribution in [3.63, 3.8) is 0 Å². The summed E-state index contributed by atoms with van der Waals surface area (Å²) in [4.78, 5) is 1.19. The molecule has 1 N–H and O–H groups in total. The fraction of sp³-hybridized carbons (Fsp3) is 0.636. The summed E-state index contributed by atoms with van der Waals surface area (Å²) >= 11 is 5.07. The van der Waals surface area contributed by atoms with Crippen molar-refractivity contribution in [1.82, 2.24) is 5.32 Å². The molecule has 98 valence electrons. The van der Waals surface area contributed by atoms with Crippen LogP contribution in [0.5, 0.6) is 0 Å². The summed E-state index contributed by atoms with van der Waals surface area (Å²) in [5.41, 5.74) is 0. The Balaban J connectivity index is 2.79. The summed E-state index contributed by atoms with van der Waals surface area (Å²) < 4.78 is 24.3. The first-order chi connectivity index (χ1) is 7.84. The Morgan fingerprint density at radius 2 is 2.12 bits per heavy atom. The van der Waals surface area contributed by atoms with Crippen LogP contribution in [0.15, 0.2) is 15.9 Å². The number of hydrogen-bond donors (Lipinski definition) is 1. The number of halogens is 1. The van der Waals surface area contributed by atoms with Crippen molar-refractivity contribution in [3.8, 4) is 0 Å². The standard InChI is InChI=1S/C11H18BrNO2S2/c1-4-13-10(8(2)17(3,14)15)7-9-5-6-11(12)16-9/h5-6,8,10,13H,4,7H2,1-3H3. The van der Waals surface area contributed by atoms with Crippen molar-refractivity contribution in [1.29, 1.82) is 0 Å². The van der Waals surface area contributed by atoms with E-state index in [2.05, 4.69) is 21.2 Å². The number of sulfone groups is 1. The molecule has 1 aromatic heterocycles. The zero-order valence-electron chi connectivity index (χ0n) is 10.2. The summed E-state index contributed by atoms with van der Waals surface area (Å²) in [6.45, 7) is 4.54. The zero-order valence-corrected chi connectivity index (χ0v) is 13.5. The Kier molecular flexibility index (Phi) is 5.63. The van der Waals surface area contributed by atoms with Gasteiger partial charge in [0.1, 0.15) is 0 Å². The molecule has 0 fully saturated rings. The molecule has 0 saturated heterocycles. The average molecular weight is 340 g/mol. The van der Waals surface area contributed by atoms with Gasteiger partial charge in [-0.2, -0.15) is 0 Å². The summed E-state index contributed by atoms with van der Waals surface area (Å²) in [6.07, 6.45) is 2.05. The van der Waals surface area contributed by atoms with Gasteiger partial charge in [-0.3, -0.25) is 0 Å². The highest BCUT2D eigenvalue weighted by Crippen LogP contribution is 2.24. The lowest BCUT2D eigenvalue weighted by Gasteiger charge is -2.22. The van der Waals surface area contributed by atoms with Gasteiger partial charge in [-0.05, 0) is 48.0 Å². The predicted molar refractivity (Wildman–Crippen MR) is 77.5 cm³/mol. The molecule has 0 aliphatic carbocycles. The predicted octanol–water partition coefficient (Wildman–Crippen LogP) is 2.46.